The fourth-order valence-corrected chi connectivity index (χ4v) is 5.06. The van der Waals surface area contributed by atoms with Crippen molar-refractivity contribution in [2.75, 3.05) is 18.5 Å². The maximum absolute atomic E-state index is 13.0. The number of rotatable bonds is 8. The highest BCUT2D eigenvalue weighted by Gasteiger charge is 2.42. The maximum Gasteiger partial charge on any atom is 0.336 e. The van der Waals surface area contributed by atoms with Crippen LogP contribution in [0.1, 0.15) is 39.2 Å². The summed E-state index contributed by atoms with van der Waals surface area (Å²) in [5, 5.41) is 6.02. The molecule has 0 spiro atoms. The second-order valence-corrected chi connectivity index (χ2v) is 9.07. The summed E-state index contributed by atoms with van der Waals surface area (Å²) in [6.07, 6.45) is 3.50. The summed E-state index contributed by atoms with van der Waals surface area (Å²) in [5.74, 6) is -2.23. The van der Waals surface area contributed by atoms with Crippen molar-refractivity contribution in [3.05, 3.63) is 71.0 Å². The zero-order chi connectivity index (χ0) is 25.7. The average Bonchev–Trinajstić information content (AvgIpc) is 3.33. The molecule has 8 nitrogen and oxygen atoms in total. The number of benzene rings is 1. The first-order valence-electron chi connectivity index (χ1n) is 11.8. The normalized spacial score (nSPS) is 17.4. The van der Waals surface area contributed by atoms with Crippen molar-refractivity contribution in [1.29, 1.82) is 0 Å². The minimum Gasteiger partial charge on any atom is -0.465 e. The fraction of sp³-hybridized carbons (Fsp3) is 0.296. The molecule has 0 amide bonds. The van der Waals surface area contributed by atoms with Gasteiger partial charge in [-0.2, -0.15) is 0 Å². The summed E-state index contributed by atoms with van der Waals surface area (Å²) in [6, 6.07) is 11.5. The van der Waals surface area contributed by atoms with Gasteiger partial charge in [-0.25, -0.2) is 9.78 Å². The zero-order valence-corrected chi connectivity index (χ0v) is 21.5. The summed E-state index contributed by atoms with van der Waals surface area (Å²) in [4.78, 5) is 39.4. The van der Waals surface area contributed by atoms with Gasteiger partial charge in [0.25, 0.3) is 0 Å². The van der Waals surface area contributed by atoms with Crippen LogP contribution < -0.4 is 5.32 Å². The van der Waals surface area contributed by atoms with Crippen LogP contribution in [0, 0.1) is 5.92 Å². The van der Waals surface area contributed by atoms with E-state index in [4.69, 9.17) is 9.47 Å². The molecule has 1 aliphatic rings. The lowest BCUT2D eigenvalue weighted by Crippen LogP contribution is -2.36. The summed E-state index contributed by atoms with van der Waals surface area (Å²) >= 11 is 1.48. The van der Waals surface area contributed by atoms with Gasteiger partial charge in [0.1, 0.15) is 5.92 Å². The van der Waals surface area contributed by atoms with Crippen LogP contribution in [0.2, 0.25) is 0 Å². The summed E-state index contributed by atoms with van der Waals surface area (Å²) in [5.41, 5.74) is 4.83. The second-order valence-electron chi connectivity index (χ2n) is 8.21. The lowest BCUT2D eigenvalue weighted by molar-refractivity contribution is -0.146. The van der Waals surface area contributed by atoms with E-state index >= 15 is 0 Å². The van der Waals surface area contributed by atoms with Crippen LogP contribution in [0.4, 0.5) is 10.8 Å². The number of allylic oxidation sites excluding steroid dienone is 1. The molecule has 36 heavy (non-hydrogen) atoms. The molecule has 2 aromatic heterocycles. The molecule has 0 saturated carbocycles. The van der Waals surface area contributed by atoms with Crippen LogP contribution in [0.25, 0.3) is 11.3 Å². The van der Waals surface area contributed by atoms with E-state index in [2.05, 4.69) is 20.3 Å². The van der Waals surface area contributed by atoms with Gasteiger partial charge in [0.15, 0.2) is 5.13 Å². The van der Waals surface area contributed by atoms with Crippen LogP contribution >= 0.6 is 11.3 Å². The Morgan fingerprint density at radius 1 is 1.08 bits per heavy atom. The van der Waals surface area contributed by atoms with Crippen molar-refractivity contribution in [2.24, 2.45) is 10.9 Å². The van der Waals surface area contributed by atoms with Crippen molar-refractivity contribution in [1.82, 2.24) is 9.97 Å². The third kappa shape index (κ3) is 5.36. The van der Waals surface area contributed by atoms with Crippen LogP contribution in [0.15, 0.2) is 70.4 Å². The predicted octanol–water partition coefficient (Wildman–Crippen LogP) is 5.52. The van der Waals surface area contributed by atoms with Crippen LogP contribution in [-0.4, -0.2) is 40.8 Å². The minimum atomic E-state index is -0.736. The Hall–Kier alpha value is -3.85. The molecule has 0 fully saturated rings. The molecule has 3 aromatic rings. The molecule has 2 unspecified atom stereocenters. The highest BCUT2D eigenvalue weighted by atomic mass is 32.1. The molecule has 0 radical (unpaired) electrons. The number of anilines is 2. The average molecular weight is 505 g/mol. The molecule has 1 N–H and O–H groups in total. The third-order valence-corrected chi connectivity index (χ3v) is 6.58. The molecule has 9 heteroatoms. The number of esters is 2. The number of carbonyl (C=O) groups excluding carboxylic acids is 2. The standard InChI is InChI=1S/C27H28N4O4S/c1-5-34-25(32)22-16(3)29-17(4)23(26(33)35-6-2)24(22)18-9-7-11-20(13-18)30-27-31-21(15-36-27)19-10-8-12-28-14-19/h7-15,22,24H,5-6H2,1-4H3,(H,30,31). The van der Waals surface area contributed by atoms with E-state index in [0.29, 0.717) is 22.1 Å². The second kappa shape index (κ2) is 11.3. The molecular weight excluding hydrogens is 476 g/mol. The van der Waals surface area contributed by atoms with E-state index in [1.165, 1.54) is 11.3 Å². The Balaban J connectivity index is 1.70. The topological polar surface area (TPSA) is 103 Å². The van der Waals surface area contributed by atoms with Crippen molar-refractivity contribution in [3.8, 4) is 11.3 Å². The maximum atomic E-state index is 13.0. The molecule has 186 valence electrons. The Morgan fingerprint density at radius 2 is 1.89 bits per heavy atom. The number of carbonyl (C=O) groups is 2. The van der Waals surface area contributed by atoms with Crippen LogP contribution in [0.5, 0.6) is 0 Å². The van der Waals surface area contributed by atoms with Crippen LogP contribution in [-0.2, 0) is 19.1 Å². The van der Waals surface area contributed by atoms with Gasteiger partial charge in [-0.3, -0.25) is 14.8 Å². The Morgan fingerprint density at radius 3 is 2.61 bits per heavy atom. The first-order chi connectivity index (χ1) is 17.4. The molecule has 0 bridgehead atoms. The molecule has 0 aliphatic carbocycles. The van der Waals surface area contributed by atoms with E-state index < -0.39 is 23.8 Å². The number of hydrogen-bond acceptors (Lipinski definition) is 9. The largest absolute Gasteiger partial charge is 0.465 e. The quantitative estimate of drug-likeness (QED) is 0.403. The van der Waals surface area contributed by atoms with Crippen molar-refractivity contribution >= 4 is 39.8 Å². The first kappa shape index (κ1) is 25.2. The minimum absolute atomic E-state index is 0.222. The lowest BCUT2D eigenvalue weighted by Gasteiger charge is -2.31. The van der Waals surface area contributed by atoms with Gasteiger partial charge >= 0.3 is 11.9 Å². The van der Waals surface area contributed by atoms with Gasteiger partial charge in [0, 0.05) is 46.4 Å². The predicted molar refractivity (Wildman–Crippen MR) is 140 cm³/mol. The molecule has 4 rings (SSSR count). The number of thiazole rings is 1. The number of nitrogens with zero attached hydrogens (tertiary/aromatic N) is 3. The van der Waals surface area contributed by atoms with E-state index in [9.17, 15) is 9.59 Å². The Labute approximate surface area is 214 Å². The van der Waals surface area contributed by atoms with Gasteiger partial charge in [0.2, 0.25) is 0 Å². The number of pyridine rings is 1. The fourth-order valence-electron chi connectivity index (χ4n) is 4.32. The van der Waals surface area contributed by atoms with Gasteiger partial charge in [-0.05, 0) is 57.5 Å². The number of nitrogens with one attached hydrogen (secondary N) is 1. The number of ether oxygens (including phenoxy) is 2. The Kier molecular flexibility index (Phi) is 7.90. The monoisotopic (exact) mass is 504 g/mol. The summed E-state index contributed by atoms with van der Waals surface area (Å²) < 4.78 is 10.7. The SMILES string of the molecule is CCOC(=O)C1=C(C)N=C(C)C(C(=O)OCC)C1c1cccc(Nc2nc(-c3cccnc3)cs2)c1. The molecule has 0 saturated heterocycles. The van der Waals surface area contributed by atoms with E-state index in [-0.39, 0.29) is 13.2 Å². The number of aromatic nitrogens is 2. The van der Waals surface area contributed by atoms with Crippen molar-refractivity contribution in [3.63, 3.8) is 0 Å². The van der Waals surface area contributed by atoms with E-state index in [1.54, 1.807) is 40.1 Å². The smallest absolute Gasteiger partial charge is 0.336 e. The molecule has 1 aliphatic heterocycles. The highest BCUT2D eigenvalue weighted by molar-refractivity contribution is 7.14. The number of hydrogen-bond donors (Lipinski definition) is 1. The third-order valence-electron chi connectivity index (χ3n) is 5.82. The molecular formula is C27H28N4O4S. The molecule has 3 heterocycles. The first-order valence-corrected chi connectivity index (χ1v) is 12.6. The van der Waals surface area contributed by atoms with Crippen LogP contribution in [0.3, 0.4) is 0 Å². The number of aliphatic imine (C=N–C) groups is 1. The van der Waals surface area contributed by atoms with Gasteiger partial charge in [0.05, 0.1) is 24.5 Å². The van der Waals surface area contributed by atoms with Crippen molar-refractivity contribution < 1.29 is 19.1 Å². The summed E-state index contributed by atoms with van der Waals surface area (Å²) in [6.45, 7) is 7.52. The van der Waals surface area contributed by atoms with Gasteiger partial charge in [-0.1, -0.05) is 12.1 Å². The van der Waals surface area contributed by atoms with Gasteiger partial charge in [-0.15, -0.1) is 11.3 Å². The lowest BCUT2D eigenvalue weighted by atomic mass is 9.75. The van der Waals surface area contributed by atoms with E-state index in [0.717, 1.165) is 22.5 Å². The van der Waals surface area contributed by atoms with E-state index in [1.807, 2.05) is 41.8 Å². The Bertz CT molecular complexity index is 1320. The zero-order valence-electron chi connectivity index (χ0n) is 20.6. The van der Waals surface area contributed by atoms with Crippen molar-refractivity contribution in [2.45, 2.75) is 33.6 Å². The summed E-state index contributed by atoms with van der Waals surface area (Å²) in [7, 11) is 0. The van der Waals surface area contributed by atoms with Gasteiger partial charge < -0.3 is 14.8 Å². The molecule has 1 aromatic carbocycles. The highest BCUT2D eigenvalue weighted by Crippen LogP contribution is 2.41. The molecule has 2 atom stereocenters.